The van der Waals surface area contributed by atoms with Gasteiger partial charge in [-0.25, -0.2) is 13.2 Å². The summed E-state index contributed by atoms with van der Waals surface area (Å²) in [5.74, 6) is -0.788. The molecule has 0 radical (unpaired) electrons. The summed E-state index contributed by atoms with van der Waals surface area (Å²) in [6, 6.07) is 8.46. The molecule has 0 aliphatic rings. The summed E-state index contributed by atoms with van der Waals surface area (Å²) in [6.07, 6.45) is 1.89. The number of aromatic carboxylic acids is 1. The second-order valence-corrected chi connectivity index (χ2v) is 8.30. The predicted octanol–water partition coefficient (Wildman–Crippen LogP) is 4.08. The van der Waals surface area contributed by atoms with Crippen LogP contribution in [0.3, 0.4) is 0 Å². The zero-order valence-corrected chi connectivity index (χ0v) is 17.5. The van der Waals surface area contributed by atoms with Gasteiger partial charge in [0, 0.05) is 13.6 Å². The Morgan fingerprint density at radius 2 is 1.96 bits per heavy atom. The average molecular weight is 427 g/mol. The number of nitrogens with zero attached hydrogens (tertiary/aromatic N) is 1. The topological polar surface area (TPSA) is 95.9 Å². The first-order valence-electron chi connectivity index (χ1n) is 8.64. The molecule has 7 nitrogen and oxygen atoms in total. The molecule has 0 aromatic heterocycles. The molecule has 2 N–H and O–H groups in total. The van der Waals surface area contributed by atoms with E-state index in [1.807, 2.05) is 11.9 Å². The molecule has 0 saturated carbocycles. The number of carbonyl (C=O) groups is 1. The zero-order valence-electron chi connectivity index (χ0n) is 15.9. The van der Waals surface area contributed by atoms with E-state index < -0.39 is 16.0 Å². The van der Waals surface area contributed by atoms with E-state index in [1.165, 1.54) is 37.4 Å². The number of methoxy groups -OCH3 is 1. The van der Waals surface area contributed by atoms with Gasteiger partial charge in [-0.3, -0.25) is 4.72 Å². The van der Waals surface area contributed by atoms with Crippen LogP contribution >= 0.6 is 11.6 Å². The summed E-state index contributed by atoms with van der Waals surface area (Å²) in [5, 5.41) is 9.42. The third kappa shape index (κ3) is 5.08. The number of nitrogens with one attached hydrogen (secondary N) is 1. The third-order valence-electron chi connectivity index (χ3n) is 4.18. The number of ether oxygens (including phenoxy) is 1. The maximum Gasteiger partial charge on any atom is 0.335 e. The molecule has 0 amide bonds. The molecule has 9 heteroatoms. The summed E-state index contributed by atoms with van der Waals surface area (Å²) >= 11 is 6.04. The summed E-state index contributed by atoms with van der Waals surface area (Å²) < 4.78 is 33.2. The Kier molecular flexibility index (Phi) is 7.15. The van der Waals surface area contributed by atoms with Crippen molar-refractivity contribution >= 4 is 39.0 Å². The molecular weight excluding hydrogens is 404 g/mol. The lowest BCUT2D eigenvalue weighted by Crippen LogP contribution is -2.22. The smallest absolute Gasteiger partial charge is 0.335 e. The molecule has 0 saturated heterocycles. The van der Waals surface area contributed by atoms with Gasteiger partial charge < -0.3 is 14.7 Å². The predicted molar refractivity (Wildman–Crippen MR) is 110 cm³/mol. The molecule has 2 rings (SSSR count). The normalized spacial score (nSPS) is 11.1. The van der Waals surface area contributed by atoms with Gasteiger partial charge in [0.15, 0.2) is 0 Å². The fourth-order valence-electron chi connectivity index (χ4n) is 2.62. The average Bonchev–Trinajstić information content (AvgIpc) is 2.65. The quantitative estimate of drug-likeness (QED) is 0.627. The number of carboxylic acid groups (broad SMARTS) is 1. The zero-order chi connectivity index (χ0) is 20.9. The molecule has 28 heavy (non-hydrogen) atoms. The fourth-order valence-corrected chi connectivity index (χ4v) is 4.03. The van der Waals surface area contributed by atoms with Crippen molar-refractivity contribution < 1.29 is 23.1 Å². The lowest BCUT2D eigenvalue weighted by Gasteiger charge is -2.23. The van der Waals surface area contributed by atoms with Crippen molar-refractivity contribution in [2.24, 2.45) is 0 Å². The van der Waals surface area contributed by atoms with Crippen LogP contribution in [0.4, 0.5) is 11.4 Å². The monoisotopic (exact) mass is 426 g/mol. The number of rotatable bonds is 9. The maximum atomic E-state index is 12.8. The molecule has 0 aliphatic carbocycles. The minimum absolute atomic E-state index is 0.0156. The van der Waals surface area contributed by atoms with Gasteiger partial charge in [-0.2, -0.15) is 0 Å². The Morgan fingerprint density at radius 1 is 1.25 bits per heavy atom. The van der Waals surface area contributed by atoms with Crippen LogP contribution in [-0.2, 0) is 10.0 Å². The van der Waals surface area contributed by atoms with Gasteiger partial charge >= 0.3 is 5.97 Å². The highest BCUT2D eigenvalue weighted by molar-refractivity contribution is 7.92. The first-order valence-corrected chi connectivity index (χ1v) is 10.5. The summed E-state index contributed by atoms with van der Waals surface area (Å²) in [6.45, 7) is 2.75. The number of benzene rings is 2. The Bertz CT molecular complexity index is 963. The van der Waals surface area contributed by atoms with E-state index in [0.29, 0.717) is 18.0 Å². The number of unbranched alkanes of at least 4 members (excludes halogenated alkanes) is 1. The van der Waals surface area contributed by atoms with Crippen LogP contribution in [0.25, 0.3) is 0 Å². The van der Waals surface area contributed by atoms with Crippen molar-refractivity contribution in [3.63, 3.8) is 0 Å². The van der Waals surface area contributed by atoms with E-state index in [0.717, 1.165) is 12.8 Å². The molecule has 0 unspecified atom stereocenters. The lowest BCUT2D eigenvalue weighted by atomic mass is 10.1. The van der Waals surface area contributed by atoms with Crippen molar-refractivity contribution in [1.82, 2.24) is 0 Å². The summed E-state index contributed by atoms with van der Waals surface area (Å²) in [5.41, 5.74) is 0.755. The molecule has 0 spiro atoms. The molecule has 2 aromatic carbocycles. The largest absolute Gasteiger partial charge is 0.495 e. The van der Waals surface area contributed by atoms with Gasteiger partial charge in [0.1, 0.15) is 5.75 Å². The van der Waals surface area contributed by atoms with Crippen LogP contribution < -0.4 is 14.4 Å². The van der Waals surface area contributed by atoms with E-state index >= 15 is 0 Å². The van der Waals surface area contributed by atoms with Crippen LogP contribution in [0.15, 0.2) is 41.3 Å². The lowest BCUT2D eigenvalue weighted by molar-refractivity contribution is 0.0697. The van der Waals surface area contributed by atoms with Gasteiger partial charge in [0.25, 0.3) is 10.0 Å². The number of carboxylic acids is 1. The first-order chi connectivity index (χ1) is 13.2. The van der Waals surface area contributed by atoms with Crippen molar-refractivity contribution in [1.29, 1.82) is 0 Å². The van der Waals surface area contributed by atoms with E-state index in [-0.39, 0.29) is 21.2 Å². The Balaban J connectivity index is 2.45. The second-order valence-electron chi connectivity index (χ2n) is 6.21. The molecule has 0 aliphatic heterocycles. The highest BCUT2D eigenvalue weighted by Crippen LogP contribution is 2.31. The standard InChI is InChI=1S/C19H23ClN2O5S/c1-4-5-10-22(2)17-8-6-13(19(23)24)11-16(17)21-28(25,26)14-7-9-18(27-3)15(20)12-14/h6-9,11-12,21H,4-5,10H2,1-3H3,(H,23,24). The van der Waals surface area contributed by atoms with Crippen LogP contribution in [0.1, 0.15) is 30.1 Å². The molecule has 152 valence electrons. The van der Waals surface area contributed by atoms with Gasteiger partial charge in [-0.05, 0) is 42.8 Å². The number of anilines is 2. The highest BCUT2D eigenvalue weighted by Gasteiger charge is 2.20. The van der Waals surface area contributed by atoms with Crippen LogP contribution in [0.5, 0.6) is 5.75 Å². The molecule has 2 aromatic rings. The first kappa shape index (κ1) is 21.8. The summed E-state index contributed by atoms with van der Waals surface area (Å²) in [4.78, 5) is 13.2. The van der Waals surface area contributed by atoms with Gasteiger partial charge in [0.05, 0.1) is 34.0 Å². The van der Waals surface area contributed by atoms with Gasteiger partial charge in [-0.1, -0.05) is 24.9 Å². The third-order valence-corrected chi connectivity index (χ3v) is 5.84. The van der Waals surface area contributed by atoms with E-state index in [9.17, 15) is 18.3 Å². The van der Waals surface area contributed by atoms with Crippen LogP contribution in [0, 0.1) is 0 Å². The van der Waals surface area contributed by atoms with Gasteiger partial charge in [0.2, 0.25) is 0 Å². The molecule has 0 heterocycles. The maximum absolute atomic E-state index is 12.8. The minimum Gasteiger partial charge on any atom is -0.495 e. The number of sulfonamides is 1. The van der Waals surface area contributed by atoms with Crippen LogP contribution in [0.2, 0.25) is 5.02 Å². The summed E-state index contributed by atoms with van der Waals surface area (Å²) in [7, 11) is -0.729. The minimum atomic E-state index is -3.99. The Labute approximate surface area is 169 Å². The Morgan fingerprint density at radius 3 is 2.54 bits per heavy atom. The molecule has 0 fully saturated rings. The second kappa shape index (κ2) is 9.16. The highest BCUT2D eigenvalue weighted by atomic mass is 35.5. The Hall–Kier alpha value is -2.45. The number of hydrogen-bond acceptors (Lipinski definition) is 5. The fraction of sp³-hybridized carbons (Fsp3) is 0.316. The SMILES string of the molecule is CCCCN(C)c1ccc(C(=O)O)cc1NS(=O)(=O)c1ccc(OC)c(Cl)c1. The molecule has 0 bridgehead atoms. The van der Waals surface area contributed by atoms with Crippen LogP contribution in [-0.4, -0.2) is 40.2 Å². The number of hydrogen-bond donors (Lipinski definition) is 2. The molecular formula is C19H23ClN2O5S. The van der Waals surface area contributed by atoms with E-state index in [4.69, 9.17) is 16.3 Å². The van der Waals surface area contributed by atoms with Crippen molar-refractivity contribution in [2.75, 3.05) is 30.3 Å². The van der Waals surface area contributed by atoms with Gasteiger partial charge in [-0.15, -0.1) is 0 Å². The van der Waals surface area contributed by atoms with E-state index in [1.54, 1.807) is 6.07 Å². The number of halogens is 1. The van der Waals surface area contributed by atoms with Crippen molar-refractivity contribution in [3.8, 4) is 5.75 Å². The molecule has 0 atom stereocenters. The van der Waals surface area contributed by atoms with E-state index in [2.05, 4.69) is 11.6 Å². The van der Waals surface area contributed by atoms with Crippen molar-refractivity contribution in [3.05, 3.63) is 47.0 Å². The van der Waals surface area contributed by atoms with Crippen molar-refractivity contribution in [2.45, 2.75) is 24.7 Å².